The van der Waals surface area contributed by atoms with Crippen molar-refractivity contribution < 1.29 is 19.1 Å². The van der Waals surface area contributed by atoms with Gasteiger partial charge in [0.2, 0.25) is 11.8 Å². The number of hydrogen-bond donors (Lipinski definition) is 0. The molecule has 1 aliphatic carbocycles. The summed E-state index contributed by atoms with van der Waals surface area (Å²) in [6.07, 6.45) is 3.62. The minimum Gasteiger partial charge on any atom is -0.426 e. The molecular formula is C19H23NO4. The number of carbonyl (C=O) groups is 3. The first-order chi connectivity index (χ1) is 11.5. The summed E-state index contributed by atoms with van der Waals surface area (Å²) in [6, 6.07) is 5.60. The second kappa shape index (κ2) is 6.75. The molecule has 2 aliphatic rings. The van der Waals surface area contributed by atoms with Gasteiger partial charge in [-0.15, -0.1) is 0 Å². The summed E-state index contributed by atoms with van der Waals surface area (Å²) in [5, 5.41) is 0. The van der Waals surface area contributed by atoms with Crippen LogP contribution in [-0.2, 0) is 14.4 Å². The van der Waals surface area contributed by atoms with Crippen LogP contribution in [-0.4, -0.2) is 29.2 Å². The highest BCUT2D eigenvalue weighted by Crippen LogP contribution is 2.37. The predicted octanol–water partition coefficient (Wildman–Crippen LogP) is 2.77. The molecule has 2 fully saturated rings. The lowest BCUT2D eigenvalue weighted by molar-refractivity contribution is -0.141. The highest BCUT2D eigenvalue weighted by Gasteiger charge is 2.47. The summed E-state index contributed by atoms with van der Waals surface area (Å²) in [7, 11) is 0. The van der Waals surface area contributed by atoms with Crippen LogP contribution in [0, 0.1) is 25.7 Å². The van der Waals surface area contributed by atoms with E-state index in [9.17, 15) is 14.4 Å². The van der Waals surface area contributed by atoms with Gasteiger partial charge in [0.05, 0.1) is 18.3 Å². The zero-order valence-corrected chi connectivity index (χ0v) is 14.2. The van der Waals surface area contributed by atoms with E-state index in [1.54, 1.807) is 12.1 Å². The minimum atomic E-state index is -0.421. The third-order valence-corrected chi connectivity index (χ3v) is 4.90. The van der Waals surface area contributed by atoms with Crippen LogP contribution in [0.5, 0.6) is 5.75 Å². The van der Waals surface area contributed by atoms with Crippen LogP contribution in [0.25, 0.3) is 0 Å². The fourth-order valence-electron chi connectivity index (χ4n) is 3.83. The van der Waals surface area contributed by atoms with Crippen molar-refractivity contribution in [3.63, 3.8) is 0 Å². The topological polar surface area (TPSA) is 63.7 Å². The summed E-state index contributed by atoms with van der Waals surface area (Å²) >= 11 is 0. The van der Waals surface area contributed by atoms with Crippen molar-refractivity contribution in [3.8, 4) is 5.75 Å². The van der Waals surface area contributed by atoms with Gasteiger partial charge in [0.25, 0.3) is 0 Å². The van der Waals surface area contributed by atoms with Gasteiger partial charge < -0.3 is 4.74 Å². The summed E-state index contributed by atoms with van der Waals surface area (Å²) in [5.74, 6) is -0.461. The maximum Gasteiger partial charge on any atom is 0.312 e. The Morgan fingerprint density at radius 1 is 1.04 bits per heavy atom. The van der Waals surface area contributed by atoms with Crippen molar-refractivity contribution in [1.29, 1.82) is 0 Å². The number of imide groups is 1. The molecule has 1 saturated carbocycles. The molecule has 128 valence electrons. The molecule has 2 amide bonds. The van der Waals surface area contributed by atoms with E-state index in [0.29, 0.717) is 5.75 Å². The normalized spacial score (nSPS) is 23.3. The second-order valence-electron chi connectivity index (χ2n) is 6.87. The molecule has 2 atom stereocenters. The van der Waals surface area contributed by atoms with Crippen LogP contribution in [0.2, 0.25) is 0 Å². The van der Waals surface area contributed by atoms with Gasteiger partial charge in [-0.25, -0.2) is 0 Å². The molecule has 1 heterocycles. The van der Waals surface area contributed by atoms with Crippen LogP contribution < -0.4 is 4.74 Å². The lowest BCUT2D eigenvalue weighted by atomic mass is 9.81. The van der Waals surface area contributed by atoms with Crippen LogP contribution >= 0.6 is 0 Å². The molecular weight excluding hydrogens is 306 g/mol. The first kappa shape index (κ1) is 16.7. The molecule has 0 N–H and O–H groups in total. The van der Waals surface area contributed by atoms with Gasteiger partial charge in [0.15, 0.2) is 0 Å². The average Bonchev–Trinajstić information content (AvgIpc) is 2.76. The number of ether oxygens (including phenoxy) is 1. The number of fused-ring (bicyclic) bond motifs is 1. The van der Waals surface area contributed by atoms with Crippen LogP contribution in [0.1, 0.15) is 43.2 Å². The number of aryl methyl sites for hydroxylation is 2. The summed E-state index contributed by atoms with van der Waals surface area (Å²) in [5.41, 5.74) is 2.04. The molecule has 1 aromatic rings. The lowest BCUT2D eigenvalue weighted by Crippen LogP contribution is -2.33. The van der Waals surface area contributed by atoms with Crippen molar-refractivity contribution in [2.75, 3.05) is 6.54 Å². The monoisotopic (exact) mass is 329 g/mol. The number of rotatable bonds is 4. The first-order valence-electron chi connectivity index (χ1n) is 8.60. The highest BCUT2D eigenvalue weighted by atomic mass is 16.5. The quantitative estimate of drug-likeness (QED) is 0.484. The van der Waals surface area contributed by atoms with Gasteiger partial charge in [-0.05, 0) is 49.9 Å². The molecule has 5 heteroatoms. The zero-order chi connectivity index (χ0) is 17.3. The van der Waals surface area contributed by atoms with Gasteiger partial charge in [-0.1, -0.05) is 18.9 Å². The van der Waals surface area contributed by atoms with Crippen LogP contribution in [0.15, 0.2) is 18.2 Å². The zero-order valence-electron chi connectivity index (χ0n) is 14.2. The number of hydrogen-bond acceptors (Lipinski definition) is 4. The Morgan fingerprint density at radius 2 is 1.58 bits per heavy atom. The highest BCUT2D eigenvalue weighted by molar-refractivity contribution is 6.05. The van der Waals surface area contributed by atoms with Crippen molar-refractivity contribution in [3.05, 3.63) is 29.3 Å². The minimum absolute atomic E-state index is 0.0317. The lowest BCUT2D eigenvalue weighted by Gasteiger charge is -2.19. The molecule has 0 bridgehead atoms. The third-order valence-electron chi connectivity index (χ3n) is 4.90. The number of benzene rings is 1. The number of nitrogens with zero attached hydrogens (tertiary/aromatic N) is 1. The molecule has 0 aromatic heterocycles. The third kappa shape index (κ3) is 3.35. The summed E-state index contributed by atoms with van der Waals surface area (Å²) in [4.78, 5) is 38.0. The van der Waals surface area contributed by atoms with Crippen LogP contribution in [0.4, 0.5) is 0 Å². The smallest absolute Gasteiger partial charge is 0.312 e. The molecule has 1 aromatic carbocycles. The van der Waals surface area contributed by atoms with E-state index in [4.69, 9.17) is 4.74 Å². The van der Waals surface area contributed by atoms with E-state index < -0.39 is 5.97 Å². The molecule has 5 nitrogen and oxygen atoms in total. The first-order valence-corrected chi connectivity index (χ1v) is 8.60. The molecule has 0 spiro atoms. The van der Waals surface area contributed by atoms with E-state index >= 15 is 0 Å². The number of carbonyl (C=O) groups excluding carboxylic acids is 3. The Hall–Kier alpha value is -2.17. The summed E-state index contributed by atoms with van der Waals surface area (Å²) in [6.45, 7) is 4.00. The number of amides is 2. The van der Waals surface area contributed by atoms with Crippen molar-refractivity contribution in [2.24, 2.45) is 11.8 Å². The van der Waals surface area contributed by atoms with E-state index in [1.807, 2.05) is 19.9 Å². The molecule has 3 rings (SSSR count). The van der Waals surface area contributed by atoms with Gasteiger partial charge in [-0.2, -0.15) is 0 Å². The Labute approximate surface area is 142 Å². The van der Waals surface area contributed by atoms with Gasteiger partial charge in [-0.3, -0.25) is 19.3 Å². The van der Waals surface area contributed by atoms with E-state index in [-0.39, 0.29) is 36.6 Å². The van der Waals surface area contributed by atoms with Gasteiger partial charge >= 0.3 is 5.97 Å². The van der Waals surface area contributed by atoms with Gasteiger partial charge in [0.1, 0.15) is 5.75 Å². The Bertz CT molecular complexity index is 638. The molecule has 0 unspecified atom stereocenters. The maximum atomic E-state index is 12.4. The van der Waals surface area contributed by atoms with Crippen molar-refractivity contribution >= 4 is 17.8 Å². The van der Waals surface area contributed by atoms with Crippen molar-refractivity contribution in [2.45, 2.75) is 46.0 Å². The standard InChI is InChI=1S/C19H23NO4/c1-12-9-13(2)11-14(10-12)24-17(21)7-8-20-18(22)15-5-3-4-6-16(15)19(20)23/h9-11,15-16H,3-8H2,1-2H3/t15-,16-/m1/s1. The molecule has 24 heavy (non-hydrogen) atoms. The summed E-state index contributed by atoms with van der Waals surface area (Å²) < 4.78 is 5.34. The predicted molar refractivity (Wildman–Crippen MR) is 88.3 cm³/mol. The SMILES string of the molecule is Cc1cc(C)cc(OC(=O)CCN2C(=O)[C@@H]3CCCC[C@H]3C2=O)c1. The fraction of sp³-hybridized carbons (Fsp3) is 0.526. The fourth-order valence-corrected chi connectivity index (χ4v) is 3.83. The second-order valence-corrected chi connectivity index (χ2v) is 6.87. The van der Waals surface area contributed by atoms with E-state index in [2.05, 4.69) is 0 Å². The van der Waals surface area contributed by atoms with E-state index in [1.165, 1.54) is 4.90 Å². The largest absolute Gasteiger partial charge is 0.426 e. The number of likely N-dealkylation sites (tertiary alicyclic amines) is 1. The molecule has 1 aliphatic heterocycles. The maximum absolute atomic E-state index is 12.4. The number of esters is 1. The van der Waals surface area contributed by atoms with E-state index in [0.717, 1.165) is 36.8 Å². The Balaban J connectivity index is 1.58. The average molecular weight is 329 g/mol. The molecule has 1 saturated heterocycles. The Morgan fingerprint density at radius 3 is 2.12 bits per heavy atom. The van der Waals surface area contributed by atoms with Crippen LogP contribution in [0.3, 0.4) is 0 Å². The molecule has 0 radical (unpaired) electrons. The Kier molecular flexibility index (Phi) is 4.69. The van der Waals surface area contributed by atoms with Crippen molar-refractivity contribution in [1.82, 2.24) is 4.90 Å². The van der Waals surface area contributed by atoms with Gasteiger partial charge in [0, 0.05) is 6.54 Å².